The molecule has 0 saturated carbocycles. The standard InChI is InChI=1S/C31H40ClN9O2/c1-33-31(42)41-14-9-21-5-4-6-26(28(21)41)35-29-24(32)20-34-30(37-29)36-25-8-7-23(19-27(25)43-3)39-12-10-22(11-13-39)40-17-15-38(2)16-18-40/h4-8,19-20,22H,9-18H2,1-3H3,(H,33,42)(H2,34,35,36,37). The summed E-state index contributed by atoms with van der Waals surface area (Å²) in [6, 6.07) is 12.6. The first kappa shape index (κ1) is 29.3. The molecule has 0 bridgehead atoms. The van der Waals surface area contributed by atoms with Crippen LogP contribution in [0.25, 0.3) is 0 Å². The van der Waals surface area contributed by atoms with Crippen LogP contribution in [0.5, 0.6) is 5.75 Å². The van der Waals surface area contributed by atoms with Crippen molar-refractivity contribution in [3.8, 4) is 5.75 Å². The third kappa shape index (κ3) is 6.29. The fourth-order valence-electron chi connectivity index (χ4n) is 6.31. The van der Waals surface area contributed by atoms with E-state index in [0.717, 1.165) is 60.9 Å². The molecule has 12 heteroatoms. The van der Waals surface area contributed by atoms with Gasteiger partial charge in [0.2, 0.25) is 5.95 Å². The molecule has 3 aliphatic rings. The fraction of sp³-hybridized carbons (Fsp3) is 0.452. The van der Waals surface area contributed by atoms with E-state index in [4.69, 9.17) is 16.3 Å². The number of methoxy groups -OCH3 is 1. The highest BCUT2D eigenvalue weighted by Gasteiger charge is 2.28. The van der Waals surface area contributed by atoms with Crippen LogP contribution in [-0.4, -0.2) is 98.9 Å². The van der Waals surface area contributed by atoms with Gasteiger partial charge in [0.25, 0.3) is 0 Å². The van der Waals surface area contributed by atoms with E-state index in [0.29, 0.717) is 35.1 Å². The van der Waals surface area contributed by atoms with E-state index in [2.05, 4.69) is 59.8 Å². The monoisotopic (exact) mass is 605 g/mol. The number of carbonyl (C=O) groups is 1. The summed E-state index contributed by atoms with van der Waals surface area (Å²) in [5.41, 5.74) is 4.58. The van der Waals surface area contributed by atoms with Crippen LogP contribution in [0.1, 0.15) is 18.4 Å². The number of amides is 2. The highest BCUT2D eigenvalue weighted by atomic mass is 35.5. The lowest BCUT2D eigenvalue weighted by molar-refractivity contribution is 0.0982. The molecule has 228 valence electrons. The van der Waals surface area contributed by atoms with Gasteiger partial charge in [-0.05, 0) is 50.1 Å². The Morgan fingerprint density at radius 1 is 1.00 bits per heavy atom. The van der Waals surface area contributed by atoms with Crippen molar-refractivity contribution in [2.45, 2.75) is 25.3 Å². The van der Waals surface area contributed by atoms with Crippen LogP contribution in [0.15, 0.2) is 42.6 Å². The van der Waals surface area contributed by atoms with Crippen molar-refractivity contribution in [3.05, 3.63) is 53.2 Å². The predicted molar refractivity (Wildman–Crippen MR) is 173 cm³/mol. The number of rotatable bonds is 7. The zero-order valence-corrected chi connectivity index (χ0v) is 25.8. The number of hydrogen-bond donors (Lipinski definition) is 3. The number of urea groups is 1. The van der Waals surface area contributed by atoms with E-state index in [1.54, 1.807) is 25.3 Å². The van der Waals surface area contributed by atoms with E-state index in [1.807, 2.05) is 24.3 Å². The molecule has 3 aromatic rings. The number of para-hydroxylation sites is 1. The Labute approximate surface area is 258 Å². The van der Waals surface area contributed by atoms with E-state index in [9.17, 15) is 4.79 Å². The van der Waals surface area contributed by atoms with Crippen LogP contribution in [0.3, 0.4) is 0 Å². The van der Waals surface area contributed by atoms with Gasteiger partial charge in [0, 0.05) is 70.7 Å². The summed E-state index contributed by atoms with van der Waals surface area (Å²) < 4.78 is 5.78. The van der Waals surface area contributed by atoms with E-state index >= 15 is 0 Å². The third-order valence-electron chi connectivity index (χ3n) is 8.77. The Hall–Kier alpha value is -3.80. The smallest absolute Gasteiger partial charge is 0.321 e. The van der Waals surface area contributed by atoms with E-state index < -0.39 is 0 Å². The predicted octanol–water partition coefficient (Wildman–Crippen LogP) is 4.54. The molecule has 11 nitrogen and oxygen atoms in total. The second-order valence-electron chi connectivity index (χ2n) is 11.4. The van der Waals surface area contributed by atoms with Crippen molar-refractivity contribution in [1.82, 2.24) is 25.1 Å². The van der Waals surface area contributed by atoms with Gasteiger partial charge in [0.15, 0.2) is 5.82 Å². The maximum atomic E-state index is 12.5. The van der Waals surface area contributed by atoms with Crippen LogP contribution >= 0.6 is 11.6 Å². The van der Waals surface area contributed by atoms with Crippen molar-refractivity contribution in [3.63, 3.8) is 0 Å². The first-order chi connectivity index (χ1) is 20.9. The molecule has 2 amide bonds. The number of piperazine rings is 1. The highest BCUT2D eigenvalue weighted by molar-refractivity contribution is 6.33. The average Bonchev–Trinajstić information content (AvgIpc) is 3.48. The van der Waals surface area contributed by atoms with Crippen molar-refractivity contribution >= 4 is 52.1 Å². The topological polar surface area (TPSA) is 101 Å². The van der Waals surface area contributed by atoms with Gasteiger partial charge in [0.1, 0.15) is 10.8 Å². The molecule has 0 radical (unpaired) electrons. The Kier molecular flexibility index (Phi) is 8.73. The maximum Gasteiger partial charge on any atom is 0.321 e. The van der Waals surface area contributed by atoms with Gasteiger partial charge in [0.05, 0.1) is 30.4 Å². The molecule has 3 aliphatic heterocycles. The number of nitrogens with zero attached hydrogens (tertiary/aromatic N) is 6. The van der Waals surface area contributed by atoms with Crippen molar-refractivity contribution in [1.29, 1.82) is 0 Å². The van der Waals surface area contributed by atoms with Gasteiger partial charge in [-0.25, -0.2) is 9.78 Å². The third-order valence-corrected chi connectivity index (χ3v) is 9.04. The second-order valence-corrected chi connectivity index (χ2v) is 11.8. The summed E-state index contributed by atoms with van der Waals surface area (Å²) in [6.45, 7) is 7.33. The van der Waals surface area contributed by atoms with Crippen LogP contribution < -0.4 is 30.5 Å². The number of likely N-dealkylation sites (N-methyl/N-ethyl adjacent to an activating group) is 1. The molecule has 2 saturated heterocycles. The maximum absolute atomic E-state index is 12.5. The van der Waals surface area contributed by atoms with Crippen LogP contribution in [-0.2, 0) is 6.42 Å². The SMILES string of the molecule is CNC(=O)N1CCc2cccc(Nc3nc(Nc4ccc(N5CCC(N6CCN(C)CC6)CC5)cc4OC)ncc3Cl)c21. The minimum atomic E-state index is -0.154. The molecule has 1 aromatic heterocycles. The van der Waals surface area contributed by atoms with E-state index in [-0.39, 0.29) is 6.03 Å². The zero-order chi connectivity index (χ0) is 29.9. The summed E-state index contributed by atoms with van der Waals surface area (Å²) >= 11 is 6.51. The van der Waals surface area contributed by atoms with Crippen LogP contribution in [0.4, 0.5) is 39.3 Å². The summed E-state index contributed by atoms with van der Waals surface area (Å²) in [4.78, 5) is 30.8. The second kappa shape index (κ2) is 12.8. The number of aromatic nitrogens is 2. The van der Waals surface area contributed by atoms with Crippen molar-refractivity contribution < 1.29 is 9.53 Å². The molecule has 0 unspecified atom stereocenters. The number of benzene rings is 2. The largest absolute Gasteiger partial charge is 0.494 e. The van der Waals surface area contributed by atoms with Gasteiger partial charge >= 0.3 is 6.03 Å². The number of anilines is 6. The molecule has 3 N–H and O–H groups in total. The number of fused-ring (bicyclic) bond motifs is 1. The molecule has 43 heavy (non-hydrogen) atoms. The molecule has 6 rings (SSSR count). The first-order valence-electron chi connectivity index (χ1n) is 15.0. The molecular formula is C31H40ClN9O2. The Bertz CT molecular complexity index is 1460. The lowest BCUT2D eigenvalue weighted by atomic mass is 10.0. The number of carbonyl (C=O) groups excluding carboxylic acids is 1. The fourth-order valence-corrected chi connectivity index (χ4v) is 6.45. The van der Waals surface area contributed by atoms with Gasteiger partial charge in [-0.3, -0.25) is 9.80 Å². The Morgan fingerprint density at radius 3 is 2.53 bits per heavy atom. The molecule has 0 spiro atoms. The van der Waals surface area contributed by atoms with Crippen molar-refractivity contribution in [2.24, 2.45) is 0 Å². The zero-order valence-electron chi connectivity index (χ0n) is 25.1. The molecule has 0 atom stereocenters. The number of halogens is 1. The summed E-state index contributed by atoms with van der Waals surface area (Å²) in [6.07, 6.45) is 4.69. The summed E-state index contributed by atoms with van der Waals surface area (Å²) in [7, 11) is 5.51. The molecule has 0 aliphatic carbocycles. The molecule has 4 heterocycles. The molecule has 2 fully saturated rings. The Morgan fingerprint density at radius 2 is 1.79 bits per heavy atom. The van der Waals surface area contributed by atoms with E-state index in [1.165, 1.54) is 25.9 Å². The van der Waals surface area contributed by atoms with Gasteiger partial charge in [-0.15, -0.1) is 0 Å². The lowest BCUT2D eigenvalue weighted by Gasteiger charge is -2.42. The van der Waals surface area contributed by atoms with Crippen LogP contribution in [0.2, 0.25) is 5.02 Å². The van der Waals surface area contributed by atoms with Gasteiger partial charge in [-0.2, -0.15) is 4.98 Å². The quantitative estimate of drug-likeness (QED) is 0.358. The normalized spacial score (nSPS) is 18.0. The lowest BCUT2D eigenvalue weighted by Crippen LogP contribution is -2.52. The average molecular weight is 606 g/mol. The number of ether oxygens (including phenoxy) is 1. The van der Waals surface area contributed by atoms with Gasteiger partial charge in [-0.1, -0.05) is 23.7 Å². The minimum Gasteiger partial charge on any atom is -0.494 e. The van der Waals surface area contributed by atoms with Crippen molar-refractivity contribution in [2.75, 3.05) is 87.5 Å². The number of piperidine rings is 1. The summed E-state index contributed by atoms with van der Waals surface area (Å²) in [5.74, 6) is 1.53. The number of hydrogen-bond acceptors (Lipinski definition) is 9. The van der Waals surface area contributed by atoms with Crippen LogP contribution in [0, 0.1) is 0 Å². The molecular weight excluding hydrogens is 566 g/mol. The molecule has 2 aromatic carbocycles. The summed E-state index contributed by atoms with van der Waals surface area (Å²) in [5, 5.41) is 9.72. The highest BCUT2D eigenvalue weighted by Crippen LogP contribution is 2.38. The Balaban J connectivity index is 1.14. The minimum absolute atomic E-state index is 0.154. The van der Waals surface area contributed by atoms with Gasteiger partial charge < -0.3 is 30.5 Å². The first-order valence-corrected chi connectivity index (χ1v) is 15.3. The number of nitrogens with one attached hydrogen (secondary N) is 3.